The highest BCUT2D eigenvalue weighted by atomic mass is 79.9. The van der Waals surface area contributed by atoms with Gasteiger partial charge in [0.05, 0.1) is 17.0 Å². The first-order valence-electron chi connectivity index (χ1n) is 4.88. The van der Waals surface area contributed by atoms with E-state index in [1.165, 1.54) is 4.88 Å². The molecule has 1 saturated heterocycles. The van der Waals surface area contributed by atoms with E-state index in [0.717, 1.165) is 10.2 Å². The van der Waals surface area contributed by atoms with E-state index in [2.05, 4.69) is 20.7 Å². The lowest BCUT2D eigenvalue weighted by Gasteiger charge is -2.25. The highest BCUT2D eigenvalue weighted by Crippen LogP contribution is 2.22. The molecule has 0 radical (unpaired) electrons. The Morgan fingerprint density at radius 1 is 1.50 bits per heavy atom. The Hall–Kier alpha value is 0.0500. The summed E-state index contributed by atoms with van der Waals surface area (Å²) in [6.45, 7) is 1.09. The van der Waals surface area contributed by atoms with Gasteiger partial charge in [-0.2, -0.15) is 0 Å². The molecule has 1 fully saturated rings. The molecule has 0 bridgehead atoms. The van der Waals surface area contributed by atoms with Crippen molar-refractivity contribution in [2.24, 2.45) is 0 Å². The van der Waals surface area contributed by atoms with Crippen molar-refractivity contribution in [1.29, 1.82) is 0 Å². The molecule has 0 atom stereocenters. The van der Waals surface area contributed by atoms with Crippen molar-refractivity contribution in [1.82, 2.24) is 4.72 Å². The van der Waals surface area contributed by atoms with Crippen molar-refractivity contribution in [2.45, 2.75) is 11.7 Å². The lowest BCUT2D eigenvalue weighted by atomic mass is 10.3. The van der Waals surface area contributed by atoms with Gasteiger partial charge in [-0.1, -0.05) is 0 Å². The first-order valence-corrected chi connectivity index (χ1v) is 8.04. The SMILES string of the molecule is O=S(=O)(NCCc1ccc(Br)s1)C1COC1. The van der Waals surface area contributed by atoms with Crippen LogP contribution in [0.5, 0.6) is 0 Å². The van der Waals surface area contributed by atoms with Crippen LogP contribution in [0.1, 0.15) is 4.88 Å². The quantitative estimate of drug-likeness (QED) is 0.889. The van der Waals surface area contributed by atoms with Gasteiger partial charge >= 0.3 is 0 Å². The van der Waals surface area contributed by atoms with Crippen molar-refractivity contribution in [3.63, 3.8) is 0 Å². The van der Waals surface area contributed by atoms with Crippen LogP contribution < -0.4 is 4.72 Å². The summed E-state index contributed by atoms with van der Waals surface area (Å²) in [5.74, 6) is 0. The number of sulfonamides is 1. The van der Waals surface area contributed by atoms with Gasteiger partial charge in [0, 0.05) is 11.4 Å². The van der Waals surface area contributed by atoms with Crippen LogP contribution in [-0.2, 0) is 21.2 Å². The Bertz CT molecular complexity index is 453. The van der Waals surface area contributed by atoms with Crippen LogP contribution in [0.3, 0.4) is 0 Å². The molecular weight excluding hydrogens is 314 g/mol. The van der Waals surface area contributed by atoms with E-state index >= 15 is 0 Å². The van der Waals surface area contributed by atoms with Crippen LogP contribution in [0.2, 0.25) is 0 Å². The molecule has 1 aromatic heterocycles. The molecule has 1 aromatic rings. The third-order valence-corrected chi connectivity index (χ3v) is 5.79. The van der Waals surface area contributed by atoms with Crippen LogP contribution in [0.4, 0.5) is 0 Å². The number of thiophene rings is 1. The molecule has 16 heavy (non-hydrogen) atoms. The fraction of sp³-hybridized carbons (Fsp3) is 0.556. The maximum atomic E-state index is 11.6. The zero-order valence-corrected chi connectivity index (χ0v) is 11.7. The molecule has 0 aliphatic carbocycles. The molecule has 0 saturated carbocycles. The van der Waals surface area contributed by atoms with E-state index in [9.17, 15) is 8.42 Å². The summed E-state index contributed by atoms with van der Waals surface area (Å²) >= 11 is 4.99. The van der Waals surface area contributed by atoms with Gasteiger partial charge in [-0.25, -0.2) is 13.1 Å². The summed E-state index contributed by atoms with van der Waals surface area (Å²) in [6, 6.07) is 3.96. The third kappa shape index (κ3) is 3.04. The number of hydrogen-bond donors (Lipinski definition) is 1. The maximum absolute atomic E-state index is 11.6. The largest absolute Gasteiger partial charge is 0.378 e. The van der Waals surface area contributed by atoms with Gasteiger partial charge in [-0.15, -0.1) is 11.3 Å². The van der Waals surface area contributed by atoms with Gasteiger partial charge in [0.1, 0.15) is 5.25 Å². The second-order valence-corrected chi connectivity index (χ2v) is 8.15. The average molecular weight is 326 g/mol. The zero-order chi connectivity index (χ0) is 11.6. The van der Waals surface area contributed by atoms with Gasteiger partial charge in [-0.3, -0.25) is 0 Å². The molecule has 0 unspecified atom stereocenters. The lowest BCUT2D eigenvalue weighted by Crippen LogP contribution is -2.47. The van der Waals surface area contributed by atoms with Gasteiger partial charge in [-0.05, 0) is 34.5 Å². The summed E-state index contributed by atoms with van der Waals surface area (Å²) < 4.78 is 31.8. The van der Waals surface area contributed by atoms with Crippen LogP contribution >= 0.6 is 27.3 Å². The summed E-state index contributed by atoms with van der Waals surface area (Å²) in [5.41, 5.74) is 0. The molecule has 4 nitrogen and oxygen atoms in total. The van der Waals surface area contributed by atoms with E-state index in [1.807, 2.05) is 12.1 Å². The fourth-order valence-corrected chi connectivity index (χ4v) is 3.97. The molecule has 2 heterocycles. The predicted octanol–water partition coefficient (Wildman–Crippen LogP) is 1.37. The van der Waals surface area contributed by atoms with E-state index < -0.39 is 10.0 Å². The van der Waals surface area contributed by atoms with E-state index in [0.29, 0.717) is 19.8 Å². The predicted molar refractivity (Wildman–Crippen MR) is 67.3 cm³/mol. The third-order valence-electron chi connectivity index (χ3n) is 2.35. The Labute approximate surface area is 107 Å². The number of nitrogens with one attached hydrogen (secondary N) is 1. The average Bonchev–Trinajstić information content (AvgIpc) is 2.46. The molecule has 0 aromatic carbocycles. The van der Waals surface area contributed by atoms with Gasteiger partial charge in [0.25, 0.3) is 0 Å². The molecule has 2 rings (SSSR count). The van der Waals surface area contributed by atoms with Gasteiger partial charge in [0.15, 0.2) is 0 Å². The molecular formula is C9H12BrNO3S2. The van der Waals surface area contributed by atoms with Crippen LogP contribution in [-0.4, -0.2) is 33.4 Å². The molecule has 90 valence electrons. The van der Waals surface area contributed by atoms with Crippen molar-refractivity contribution >= 4 is 37.3 Å². The van der Waals surface area contributed by atoms with Crippen molar-refractivity contribution in [3.05, 3.63) is 20.8 Å². The first-order chi connectivity index (χ1) is 7.58. The lowest BCUT2D eigenvalue weighted by molar-refractivity contribution is 0.0411. The Balaban J connectivity index is 1.79. The molecule has 1 aliphatic rings. The minimum Gasteiger partial charge on any atom is -0.378 e. The topological polar surface area (TPSA) is 55.4 Å². The molecule has 7 heteroatoms. The van der Waals surface area contributed by atoms with Crippen LogP contribution in [0, 0.1) is 0 Å². The van der Waals surface area contributed by atoms with Gasteiger partial charge < -0.3 is 4.74 Å². The number of ether oxygens (including phenoxy) is 1. The Kier molecular flexibility index (Phi) is 4.01. The summed E-state index contributed by atoms with van der Waals surface area (Å²) in [7, 11) is -3.17. The standard InChI is InChI=1S/C9H12BrNO3S2/c10-9-2-1-7(15-9)3-4-11-16(12,13)8-5-14-6-8/h1-2,8,11H,3-6H2. The van der Waals surface area contributed by atoms with Gasteiger partial charge in [0.2, 0.25) is 10.0 Å². The second kappa shape index (κ2) is 5.14. The highest BCUT2D eigenvalue weighted by molar-refractivity contribution is 9.11. The second-order valence-electron chi connectivity index (χ2n) is 3.55. The normalized spacial score (nSPS) is 17.3. The summed E-state index contributed by atoms with van der Waals surface area (Å²) in [6.07, 6.45) is 0.725. The Morgan fingerprint density at radius 2 is 2.25 bits per heavy atom. The number of halogens is 1. The molecule has 1 aliphatic heterocycles. The van der Waals surface area contributed by atoms with Crippen molar-refractivity contribution in [2.75, 3.05) is 19.8 Å². The van der Waals surface area contributed by atoms with E-state index in [4.69, 9.17) is 4.74 Å². The summed E-state index contributed by atoms with van der Waals surface area (Å²) in [5, 5.41) is -0.359. The van der Waals surface area contributed by atoms with E-state index in [1.54, 1.807) is 11.3 Å². The Morgan fingerprint density at radius 3 is 2.75 bits per heavy atom. The minimum atomic E-state index is -3.17. The van der Waals surface area contributed by atoms with Crippen LogP contribution in [0.25, 0.3) is 0 Å². The first kappa shape index (κ1) is 12.5. The van der Waals surface area contributed by atoms with Crippen LogP contribution in [0.15, 0.2) is 15.9 Å². The highest BCUT2D eigenvalue weighted by Gasteiger charge is 2.31. The monoisotopic (exact) mass is 325 g/mol. The summed E-state index contributed by atoms with van der Waals surface area (Å²) in [4.78, 5) is 1.17. The number of hydrogen-bond acceptors (Lipinski definition) is 4. The van der Waals surface area contributed by atoms with Crippen molar-refractivity contribution in [3.8, 4) is 0 Å². The fourth-order valence-electron chi connectivity index (χ4n) is 1.31. The van der Waals surface area contributed by atoms with Crippen molar-refractivity contribution < 1.29 is 13.2 Å². The van der Waals surface area contributed by atoms with E-state index in [-0.39, 0.29) is 5.25 Å². The minimum absolute atomic E-state index is 0.319. The molecule has 1 N–H and O–H groups in total. The molecule has 0 spiro atoms. The zero-order valence-electron chi connectivity index (χ0n) is 8.48. The number of rotatable bonds is 5. The molecule has 0 amide bonds. The maximum Gasteiger partial charge on any atom is 0.219 e. The smallest absolute Gasteiger partial charge is 0.219 e.